The average molecular weight is 366 g/mol. The van der Waals surface area contributed by atoms with E-state index in [1.807, 2.05) is 13.0 Å². The molecule has 1 aromatic carbocycles. The summed E-state index contributed by atoms with van der Waals surface area (Å²) in [5.74, 6) is 2.29. The van der Waals surface area contributed by atoms with Crippen LogP contribution in [-0.2, 0) is 0 Å². The van der Waals surface area contributed by atoms with Gasteiger partial charge in [-0.25, -0.2) is 4.98 Å². The van der Waals surface area contributed by atoms with Gasteiger partial charge in [-0.2, -0.15) is 0 Å². The van der Waals surface area contributed by atoms with Gasteiger partial charge in [0.1, 0.15) is 5.75 Å². The maximum atomic E-state index is 13.3. The van der Waals surface area contributed by atoms with E-state index in [2.05, 4.69) is 38.0 Å². The Morgan fingerprint density at radius 3 is 2.78 bits per heavy atom. The molecule has 0 aliphatic carbocycles. The van der Waals surface area contributed by atoms with Crippen molar-refractivity contribution in [1.29, 1.82) is 0 Å². The van der Waals surface area contributed by atoms with Crippen molar-refractivity contribution in [2.75, 3.05) is 26.7 Å². The van der Waals surface area contributed by atoms with Crippen molar-refractivity contribution < 1.29 is 9.53 Å². The number of piperidine rings is 3. The number of amides is 1. The zero-order chi connectivity index (χ0) is 18.5. The van der Waals surface area contributed by atoms with Crippen LogP contribution in [0.1, 0.15) is 40.6 Å². The number of aromatic nitrogens is 2. The van der Waals surface area contributed by atoms with Gasteiger partial charge >= 0.3 is 0 Å². The van der Waals surface area contributed by atoms with Crippen LogP contribution >= 0.6 is 0 Å². The van der Waals surface area contributed by atoms with Crippen molar-refractivity contribution in [2.45, 2.75) is 37.8 Å². The second kappa shape index (κ2) is 6.37. The van der Waals surface area contributed by atoms with Gasteiger partial charge in [-0.15, -0.1) is 0 Å². The molecule has 6 heteroatoms. The van der Waals surface area contributed by atoms with Gasteiger partial charge in [-0.1, -0.05) is 12.1 Å². The summed E-state index contributed by atoms with van der Waals surface area (Å²) in [5, 5.41) is 0. The first-order valence-corrected chi connectivity index (χ1v) is 9.86. The Hall–Kier alpha value is -2.34. The molecular weight excluding hydrogens is 340 g/mol. The number of likely N-dealkylation sites (tertiary alicyclic amines) is 1. The van der Waals surface area contributed by atoms with Gasteiger partial charge in [0, 0.05) is 30.4 Å². The number of hydrogen-bond donors (Lipinski definition) is 1. The first-order chi connectivity index (χ1) is 13.2. The molecule has 3 atom stereocenters. The molecular formula is C21H26N4O2. The number of nitrogens with one attached hydrogen (secondary N) is 1. The van der Waals surface area contributed by atoms with Gasteiger partial charge < -0.3 is 14.6 Å². The van der Waals surface area contributed by atoms with E-state index in [9.17, 15) is 4.79 Å². The summed E-state index contributed by atoms with van der Waals surface area (Å²) in [7, 11) is 1.71. The molecule has 6 rings (SSSR count). The number of hydrogen-bond acceptors (Lipinski definition) is 4. The number of rotatable bonds is 3. The molecule has 4 aliphatic rings. The lowest BCUT2D eigenvalue weighted by molar-refractivity contribution is -0.00375. The molecule has 4 fully saturated rings. The van der Waals surface area contributed by atoms with E-state index in [1.165, 1.54) is 18.4 Å². The first kappa shape index (κ1) is 16.8. The molecule has 27 heavy (non-hydrogen) atoms. The monoisotopic (exact) mass is 366 g/mol. The van der Waals surface area contributed by atoms with Gasteiger partial charge in [-0.3, -0.25) is 9.69 Å². The van der Waals surface area contributed by atoms with Gasteiger partial charge in [0.05, 0.1) is 13.2 Å². The van der Waals surface area contributed by atoms with Crippen LogP contribution < -0.4 is 4.74 Å². The smallest absolute Gasteiger partial charge is 0.289 e. The fraction of sp³-hybridized carbons (Fsp3) is 0.524. The van der Waals surface area contributed by atoms with E-state index >= 15 is 0 Å². The molecule has 0 unspecified atom stereocenters. The second-order valence-corrected chi connectivity index (χ2v) is 8.11. The van der Waals surface area contributed by atoms with Crippen LogP contribution in [0.25, 0.3) is 0 Å². The van der Waals surface area contributed by atoms with Gasteiger partial charge in [0.25, 0.3) is 5.91 Å². The second-order valence-electron chi connectivity index (χ2n) is 8.11. The summed E-state index contributed by atoms with van der Waals surface area (Å²) in [6.45, 7) is 4.97. The van der Waals surface area contributed by atoms with E-state index < -0.39 is 0 Å². The predicted octanol–water partition coefficient (Wildman–Crippen LogP) is 2.43. The highest BCUT2D eigenvalue weighted by atomic mass is 16.5. The van der Waals surface area contributed by atoms with Crippen molar-refractivity contribution >= 4 is 5.91 Å². The summed E-state index contributed by atoms with van der Waals surface area (Å²) in [5.41, 5.74) is 2.19. The molecule has 2 bridgehead atoms. The van der Waals surface area contributed by atoms with Crippen molar-refractivity contribution in [1.82, 2.24) is 19.8 Å². The minimum absolute atomic E-state index is 0.0391. The normalized spacial score (nSPS) is 31.8. The molecule has 1 N–H and O–H groups in total. The molecule has 0 saturated carbocycles. The summed E-state index contributed by atoms with van der Waals surface area (Å²) < 4.78 is 5.45. The fourth-order valence-corrected chi connectivity index (χ4v) is 5.48. The lowest BCUT2D eigenvalue weighted by atomic mass is 9.75. The Bertz CT molecular complexity index is 855. The number of methoxy groups -OCH3 is 1. The van der Waals surface area contributed by atoms with Crippen LogP contribution in [0.2, 0.25) is 0 Å². The Labute approximate surface area is 159 Å². The molecule has 4 aliphatic heterocycles. The van der Waals surface area contributed by atoms with Crippen molar-refractivity contribution in [3.8, 4) is 5.75 Å². The van der Waals surface area contributed by atoms with Crippen LogP contribution in [0.5, 0.6) is 5.75 Å². The van der Waals surface area contributed by atoms with Crippen molar-refractivity contribution in [2.24, 2.45) is 5.92 Å². The van der Waals surface area contributed by atoms with E-state index in [0.29, 0.717) is 23.7 Å². The third-order valence-electron chi connectivity index (χ3n) is 6.68. The van der Waals surface area contributed by atoms with Gasteiger partial charge in [0.2, 0.25) is 0 Å². The minimum Gasteiger partial charge on any atom is -0.497 e. The Kier molecular flexibility index (Phi) is 3.97. The topological polar surface area (TPSA) is 61.5 Å². The number of aromatic amines is 1. The Morgan fingerprint density at radius 1 is 1.26 bits per heavy atom. The molecule has 4 saturated heterocycles. The molecule has 2 aromatic rings. The molecule has 0 radical (unpaired) electrons. The van der Waals surface area contributed by atoms with E-state index in [4.69, 9.17) is 4.74 Å². The Morgan fingerprint density at radius 2 is 2.07 bits per heavy atom. The average Bonchev–Trinajstić information content (AvgIpc) is 3.34. The number of carbonyl (C=O) groups excluding carboxylic acids is 1. The summed E-state index contributed by atoms with van der Waals surface area (Å²) in [6, 6.07) is 9.03. The van der Waals surface area contributed by atoms with Crippen LogP contribution in [0.3, 0.4) is 0 Å². The first-order valence-electron chi connectivity index (χ1n) is 9.86. The molecule has 0 spiro atoms. The SMILES string of the molecule is COc1cccc([C@@H]2CN(C(=O)c3ncc(C)[nH]3)[C@@H]3C4CCN(CC4)[C@@H]32)c1. The molecule has 1 amide bonds. The highest BCUT2D eigenvalue weighted by Gasteiger charge is 2.55. The third kappa shape index (κ3) is 2.65. The zero-order valence-corrected chi connectivity index (χ0v) is 15.9. The van der Waals surface area contributed by atoms with Crippen LogP contribution in [0.15, 0.2) is 30.5 Å². The number of imidazole rings is 1. The number of aryl methyl sites for hydroxylation is 1. The standard InChI is InChI=1S/C21H26N4O2/c1-13-11-22-20(23-13)21(26)25-12-17(15-4-3-5-16(10-15)27-2)19-18(25)14-6-8-24(19)9-7-14/h3-5,10-11,14,17-19H,6-9,12H2,1-2H3,(H,22,23)/t17-,18+,19+/m0/s1. The van der Waals surface area contributed by atoms with Crippen molar-refractivity contribution in [3.63, 3.8) is 0 Å². The predicted molar refractivity (Wildman–Crippen MR) is 102 cm³/mol. The van der Waals surface area contributed by atoms with E-state index in [-0.39, 0.29) is 11.9 Å². The largest absolute Gasteiger partial charge is 0.497 e. The lowest BCUT2D eigenvalue weighted by Crippen LogP contribution is -2.60. The number of H-pyrrole nitrogens is 1. The van der Waals surface area contributed by atoms with E-state index in [0.717, 1.165) is 31.1 Å². The summed E-state index contributed by atoms with van der Waals surface area (Å²) in [6.07, 6.45) is 4.11. The van der Waals surface area contributed by atoms with Crippen LogP contribution in [0.4, 0.5) is 0 Å². The van der Waals surface area contributed by atoms with Crippen LogP contribution in [-0.4, -0.2) is 64.5 Å². The highest BCUT2D eigenvalue weighted by Crippen LogP contribution is 2.47. The minimum atomic E-state index is 0.0391. The van der Waals surface area contributed by atoms with Crippen molar-refractivity contribution in [3.05, 3.63) is 47.5 Å². The number of carbonyl (C=O) groups is 1. The summed E-state index contributed by atoms with van der Waals surface area (Å²) in [4.78, 5) is 25.4. The van der Waals surface area contributed by atoms with Crippen LogP contribution in [0, 0.1) is 12.8 Å². The lowest BCUT2D eigenvalue weighted by Gasteiger charge is -2.51. The molecule has 6 nitrogen and oxygen atoms in total. The zero-order valence-electron chi connectivity index (χ0n) is 15.9. The van der Waals surface area contributed by atoms with Gasteiger partial charge in [-0.05, 0) is 56.5 Å². The number of nitrogens with zero attached hydrogens (tertiary/aromatic N) is 3. The molecule has 1 aromatic heterocycles. The van der Waals surface area contributed by atoms with E-state index in [1.54, 1.807) is 13.3 Å². The highest BCUT2D eigenvalue weighted by molar-refractivity contribution is 5.91. The quantitative estimate of drug-likeness (QED) is 0.906. The van der Waals surface area contributed by atoms with Gasteiger partial charge in [0.15, 0.2) is 5.82 Å². The third-order valence-corrected chi connectivity index (χ3v) is 6.68. The maximum Gasteiger partial charge on any atom is 0.289 e. The maximum absolute atomic E-state index is 13.3. The number of ether oxygens (including phenoxy) is 1. The number of fused-ring (bicyclic) bond motifs is 2. The molecule has 142 valence electrons. The number of benzene rings is 1. The summed E-state index contributed by atoms with van der Waals surface area (Å²) >= 11 is 0. The Balaban J connectivity index is 1.52. The fourth-order valence-electron chi connectivity index (χ4n) is 5.48. The molecule has 5 heterocycles.